The highest BCUT2D eigenvalue weighted by Crippen LogP contribution is 2.38. The number of carbonyl (C=O) groups is 2. The van der Waals surface area contributed by atoms with Gasteiger partial charge in [0.2, 0.25) is 6.79 Å². The van der Waals surface area contributed by atoms with Gasteiger partial charge in [-0.05, 0) is 26.7 Å². The number of rotatable bonds is 6. The van der Waals surface area contributed by atoms with Crippen molar-refractivity contribution >= 4 is 11.9 Å². The van der Waals surface area contributed by atoms with E-state index >= 15 is 0 Å². The van der Waals surface area contributed by atoms with Gasteiger partial charge >= 0.3 is 11.9 Å². The zero-order valence-electron chi connectivity index (χ0n) is 11.4. The van der Waals surface area contributed by atoms with Crippen molar-refractivity contribution in [1.82, 2.24) is 0 Å². The Bertz CT molecular complexity index is 337. The number of ether oxygens (including phenoxy) is 2. The first-order valence-corrected chi connectivity index (χ1v) is 6.30. The maximum Gasteiger partial charge on any atom is 0.342 e. The molecule has 0 radical (unpaired) electrons. The van der Waals surface area contributed by atoms with Crippen LogP contribution >= 0.6 is 0 Å². The van der Waals surface area contributed by atoms with Crippen molar-refractivity contribution in [3.63, 3.8) is 0 Å². The lowest BCUT2D eigenvalue weighted by molar-refractivity contribution is -0.188. The molecule has 1 aliphatic rings. The molecule has 4 N–H and O–H groups in total. The van der Waals surface area contributed by atoms with Gasteiger partial charge in [0, 0.05) is 6.54 Å². The molecule has 1 rings (SSSR count). The maximum absolute atomic E-state index is 11.9. The fourth-order valence-corrected chi connectivity index (χ4v) is 2.05. The molecule has 0 bridgehead atoms. The highest BCUT2D eigenvalue weighted by molar-refractivity contribution is 5.79. The quantitative estimate of drug-likeness (QED) is 0.404. The second-order valence-electron chi connectivity index (χ2n) is 5.30. The monoisotopic (exact) mass is 274 g/mol. The molecule has 7 heteroatoms. The molecule has 7 nitrogen and oxygen atoms in total. The van der Waals surface area contributed by atoms with E-state index in [4.69, 9.17) is 21.1 Å². The Balaban J connectivity index is 2.41. The smallest absolute Gasteiger partial charge is 0.342 e. The topological polar surface area (TPSA) is 114 Å². The van der Waals surface area contributed by atoms with Crippen LogP contribution in [0.15, 0.2) is 0 Å². The van der Waals surface area contributed by atoms with Crippen molar-refractivity contribution in [3.05, 3.63) is 0 Å². The highest BCUT2D eigenvalue weighted by atomic mass is 16.7. The van der Waals surface area contributed by atoms with E-state index in [1.807, 2.05) is 0 Å². The summed E-state index contributed by atoms with van der Waals surface area (Å²) in [4.78, 5) is 27.9. The van der Waals surface area contributed by atoms with Gasteiger partial charge in [0.25, 0.3) is 0 Å². The van der Waals surface area contributed by atoms with Crippen molar-refractivity contribution in [1.29, 1.82) is 0 Å². The van der Waals surface area contributed by atoms with Crippen LogP contribution < -0.4 is 11.6 Å². The average molecular weight is 274 g/mol. The van der Waals surface area contributed by atoms with Crippen LogP contribution in [-0.2, 0) is 23.9 Å². The molecule has 0 aromatic rings. The number of carbonyl (C=O) groups excluding carboxylic acids is 2. The van der Waals surface area contributed by atoms with Crippen LogP contribution in [0.2, 0.25) is 0 Å². The number of hydrogen-bond acceptors (Lipinski definition) is 7. The third-order valence-electron chi connectivity index (χ3n) is 3.55. The van der Waals surface area contributed by atoms with Gasteiger partial charge in [0.15, 0.2) is 5.60 Å². The molecule has 0 saturated heterocycles. The summed E-state index contributed by atoms with van der Waals surface area (Å²) in [6, 6.07) is 0. The number of esters is 2. The molecule has 0 spiro atoms. The van der Waals surface area contributed by atoms with E-state index < -0.39 is 29.7 Å². The highest BCUT2D eigenvalue weighted by Gasteiger charge is 2.41. The molecular weight excluding hydrogens is 252 g/mol. The molecule has 1 aliphatic carbocycles. The van der Waals surface area contributed by atoms with Gasteiger partial charge in [-0.1, -0.05) is 12.8 Å². The van der Waals surface area contributed by atoms with Crippen LogP contribution in [0.5, 0.6) is 0 Å². The lowest BCUT2D eigenvalue weighted by Crippen LogP contribution is -2.41. The lowest BCUT2D eigenvalue weighted by atomic mass is 9.86. The zero-order chi connectivity index (χ0) is 14.5. The molecule has 0 aromatic carbocycles. The van der Waals surface area contributed by atoms with E-state index in [0.29, 0.717) is 12.8 Å². The summed E-state index contributed by atoms with van der Waals surface area (Å²) in [7, 11) is 0. The second kappa shape index (κ2) is 6.31. The van der Waals surface area contributed by atoms with Crippen molar-refractivity contribution in [2.75, 3.05) is 13.3 Å². The molecular formula is C12H22N2O5. The van der Waals surface area contributed by atoms with E-state index in [1.165, 1.54) is 13.8 Å². The third kappa shape index (κ3) is 3.65. The number of hydrogen-bond donors (Lipinski definition) is 2. The van der Waals surface area contributed by atoms with Crippen LogP contribution in [0.1, 0.15) is 39.5 Å². The summed E-state index contributed by atoms with van der Waals surface area (Å²) < 4.78 is 9.76. The first-order chi connectivity index (χ1) is 8.88. The van der Waals surface area contributed by atoms with Gasteiger partial charge in [0.05, 0.1) is 5.41 Å². The standard InChI is InChI=1S/C12H22N2O5/c1-11(2,19-14)9(15)17-8-18-10(16)12(7-13)5-3-4-6-12/h3-8,13-14H2,1-2H3. The van der Waals surface area contributed by atoms with Gasteiger partial charge in [-0.3, -0.25) is 9.63 Å². The second-order valence-corrected chi connectivity index (χ2v) is 5.30. The van der Waals surface area contributed by atoms with Crippen molar-refractivity contribution in [3.8, 4) is 0 Å². The Morgan fingerprint density at radius 1 is 1.21 bits per heavy atom. The van der Waals surface area contributed by atoms with Crippen molar-refractivity contribution < 1.29 is 23.9 Å². The van der Waals surface area contributed by atoms with E-state index in [2.05, 4.69) is 4.84 Å². The summed E-state index contributed by atoms with van der Waals surface area (Å²) >= 11 is 0. The molecule has 0 unspecified atom stereocenters. The first kappa shape index (κ1) is 15.9. The van der Waals surface area contributed by atoms with Crippen molar-refractivity contribution in [2.24, 2.45) is 17.0 Å². The Hall–Kier alpha value is -1.18. The average Bonchev–Trinajstić information content (AvgIpc) is 2.88. The molecule has 0 amide bonds. The van der Waals surface area contributed by atoms with E-state index in [9.17, 15) is 9.59 Å². The summed E-state index contributed by atoms with van der Waals surface area (Å²) in [6.45, 7) is 2.70. The molecule has 19 heavy (non-hydrogen) atoms. The van der Waals surface area contributed by atoms with Crippen molar-refractivity contribution in [2.45, 2.75) is 45.1 Å². The largest absolute Gasteiger partial charge is 0.427 e. The minimum absolute atomic E-state index is 0.247. The van der Waals surface area contributed by atoms with Gasteiger partial charge in [-0.2, -0.15) is 0 Å². The first-order valence-electron chi connectivity index (χ1n) is 6.30. The summed E-state index contributed by atoms with van der Waals surface area (Å²) in [6.07, 6.45) is 3.35. The predicted molar refractivity (Wildman–Crippen MR) is 66.4 cm³/mol. The molecule has 1 saturated carbocycles. The SMILES string of the molecule is CC(C)(ON)C(=O)OCOC(=O)C1(CN)CCCC1. The van der Waals surface area contributed by atoms with Crippen LogP contribution in [0.3, 0.4) is 0 Å². The van der Waals surface area contributed by atoms with Crippen LogP contribution in [0.4, 0.5) is 0 Å². The predicted octanol–water partition coefficient (Wildman–Crippen LogP) is 0.218. The summed E-state index contributed by atoms with van der Waals surface area (Å²) in [5.41, 5.74) is 3.76. The molecule has 0 aliphatic heterocycles. The molecule has 110 valence electrons. The summed E-state index contributed by atoms with van der Waals surface area (Å²) in [5, 5.41) is 0. The minimum Gasteiger partial charge on any atom is -0.427 e. The lowest BCUT2D eigenvalue weighted by Gasteiger charge is -2.25. The van der Waals surface area contributed by atoms with Gasteiger partial charge < -0.3 is 15.2 Å². The van der Waals surface area contributed by atoms with Gasteiger partial charge in [0.1, 0.15) is 0 Å². The third-order valence-corrected chi connectivity index (χ3v) is 3.55. The molecule has 0 heterocycles. The molecule has 0 aromatic heterocycles. The fourth-order valence-electron chi connectivity index (χ4n) is 2.05. The number of nitrogens with two attached hydrogens (primary N) is 2. The maximum atomic E-state index is 11.9. The van der Waals surface area contributed by atoms with Crippen LogP contribution in [0, 0.1) is 5.41 Å². The molecule has 0 atom stereocenters. The van der Waals surface area contributed by atoms with Crippen LogP contribution in [-0.4, -0.2) is 30.9 Å². The Morgan fingerprint density at radius 2 is 1.79 bits per heavy atom. The minimum atomic E-state index is -1.27. The van der Waals surface area contributed by atoms with Gasteiger partial charge in [-0.25, -0.2) is 10.7 Å². The van der Waals surface area contributed by atoms with Gasteiger partial charge in [-0.15, -0.1) is 0 Å². The van der Waals surface area contributed by atoms with E-state index in [-0.39, 0.29) is 6.54 Å². The Labute approximate surface area is 112 Å². The van der Waals surface area contributed by atoms with E-state index in [1.54, 1.807) is 0 Å². The van der Waals surface area contributed by atoms with E-state index in [0.717, 1.165) is 12.8 Å². The fraction of sp³-hybridized carbons (Fsp3) is 0.833. The van der Waals surface area contributed by atoms with Crippen LogP contribution in [0.25, 0.3) is 0 Å². The normalized spacial score (nSPS) is 18.1. The Kier molecular flexibility index (Phi) is 5.28. The Morgan fingerprint density at radius 3 is 2.26 bits per heavy atom. The zero-order valence-corrected chi connectivity index (χ0v) is 11.4. The molecule has 1 fully saturated rings. The summed E-state index contributed by atoms with van der Waals surface area (Å²) in [5.74, 6) is 3.85.